The van der Waals surface area contributed by atoms with Crippen LogP contribution in [0.1, 0.15) is 26.2 Å². The number of anilines is 2. The fraction of sp³-hybridized carbons (Fsp3) is 0.583. The summed E-state index contributed by atoms with van der Waals surface area (Å²) in [6, 6.07) is 5.93. The maximum atomic E-state index is 5.37. The summed E-state index contributed by atoms with van der Waals surface area (Å²) >= 11 is 0. The lowest BCUT2D eigenvalue weighted by atomic mass is 9.96. The van der Waals surface area contributed by atoms with E-state index in [2.05, 4.69) is 28.3 Å². The molecule has 16 heavy (non-hydrogen) atoms. The number of rotatable bonds is 3. The number of piperidine rings is 1. The summed E-state index contributed by atoms with van der Waals surface area (Å²) in [5.74, 6) is 7.95. The number of hydrogen-bond acceptors (Lipinski definition) is 4. The van der Waals surface area contributed by atoms with Gasteiger partial charge in [-0.1, -0.05) is 19.4 Å². The number of nitrogens with zero attached hydrogens (tertiary/aromatic N) is 2. The zero-order valence-electron chi connectivity index (χ0n) is 9.82. The Bertz CT molecular complexity index is 340. The van der Waals surface area contributed by atoms with Crippen LogP contribution in [0.2, 0.25) is 0 Å². The molecule has 4 heteroatoms. The van der Waals surface area contributed by atoms with Gasteiger partial charge in [0.15, 0.2) is 0 Å². The molecule has 0 radical (unpaired) electrons. The molecule has 2 rings (SSSR count). The third-order valence-electron chi connectivity index (χ3n) is 3.30. The van der Waals surface area contributed by atoms with Crippen LogP contribution < -0.4 is 16.2 Å². The van der Waals surface area contributed by atoms with E-state index < -0.39 is 0 Å². The molecule has 3 N–H and O–H groups in total. The van der Waals surface area contributed by atoms with Gasteiger partial charge in [0.1, 0.15) is 11.6 Å². The second kappa shape index (κ2) is 5.16. The quantitative estimate of drug-likeness (QED) is 0.604. The van der Waals surface area contributed by atoms with Crippen molar-refractivity contribution in [3.8, 4) is 0 Å². The Labute approximate surface area is 96.8 Å². The van der Waals surface area contributed by atoms with E-state index in [1.54, 1.807) is 0 Å². The van der Waals surface area contributed by atoms with Crippen molar-refractivity contribution in [1.82, 2.24) is 4.98 Å². The minimum atomic E-state index is 0.733. The molecule has 1 atom stereocenters. The van der Waals surface area contributed by atoms with E-state index in [0.717, 1.165) is 30.6 Å². The number of nitrogen functional groups attached to an aromatic ring is 1. The Hall–Kier alpha value is -1.29. The van der Waals surface area contributed by atoms with E-state index in [-0.39, 0.29) is 0 Å². The van der Waals surface area contributed by atoms with Gasteiger partial charge >= 0.3 is 0 Å². The van der Waals surface area contributed by atoms with Crippen LogP contribution in [-0.2, 0) is 0 Å². The first-order valence-corrected chi connectivity index (χ1v) is 6.02. The predicted octanol–water partition coefficient (Wildman–Crippen LogP) is 1.99. The van der Waals surface area contributed by atoms with Gasteiger partial charge in [-0.2, -0.15) is 0 Å². The standard InChI is InChI=1S/C12H20N4/c1-2-10-5-4-8-16(9-10)12-7-3-6-11(14-12)15-13/h3,6-7,10H,2,4-5,8-9,13H2,1H3,(H,14,15). The normalized spacial score (nSPS) is 20.9. The minimum absolute atomic E-state index is 0.733. The van der Waals surface area contributed by atoms with Crippen LogP contribution >= 0.6 is 0 Å². The smallest absolute Gasteiger partial charge is 0.142 e. The van der Waals surface area contributed by atoms with Crippen molar-refractivity contribution >= 4 is 11.6 Å². The fourth-order valence-electron chi connectivity index (χ4n) is 2.29. The maximum Gasteiger partial charge on any atom is 0.142 e. The Morgan fingerprint density at radius 3 is 3.19 bits per heavy atom. The van der Waals surface area contributed by atoms with Crippen LogP contribution in [0, 0.1) is 5.92 Å². The van der Waals surface area contributed by atoms with Gasteiger partial charge in [0.05, 0.1) is 0 Å². The van der Waals surface area contributed by atoms with Crippen molar-refractivity contribution in [3.63, 3.8) is 0 Å². The van der Waals surface area contributed by atoms with E-state index in [4.69, 9.17) is 5.84 Å². The lowest BCUT2D eigenvalue weighted by Gasteiger charge is -2.33. The highest BCUT2D eigenvalue weighted by Crippen LogP contribution is 2.24. The second-order valence-electron chi connectivity index (χ2n) is 4.39. The van der Waals surface area contributed by atoms with Gasteiger partial charge in [-0.15, -0.1) is 0 Å². The molecule has 1 aromatic rings. The van der Waals surface area contributed by atoms with Crippen LogP contribution in [-0.4, -0.2) is 18.1 Å². The Balaban J connectivity index is 2.10. The third-order valence-corrected chi connectivity index (χ3v) is 3.30. The highest BCUT2D eigenvalue weighted by atomic mass is 15.3. The first-order valence-electron chi connectivity index (χ1n) is 6.02. The molecule has 1 fully saturated rings. The number of nitrogens with one attached hydrogen (secondary N) is 1. The van der Waals surface area contributed by atoms with Crippen LogP contribution in [0.5, 0.6) is 0 Å². The van der Waals surface area contributed by atoms with Crippen LogP contribution in [0.3, 0.4) is 0 Å². The summed E-state index contributed by atoms with van der Waals surface area (Å²) in [6.45, 7) is 4.49. The van der Waals surface area contributed by atoms with Gasteiger partial charge in [-0.3, -0.25) is 0 Å². The number of aromatic nitrogens is 1. The summed E-state index contributed by atoms with van der Waals surface area (Å²) in [5, 5.41) is 0. The highest BCUT2D eigenvalue weighted by Gasteiger charge is 2.19. The summed E-state index contributed by atoms with van der Waals surface area (Å²) in [6.07, 6.45) is 3.87. The van der Waals surface area contributed by atoms with Crippen molar-refractivity contribution in [1.29, 1.82) is 0 Å². The maximum absolute atomic E-state index is 5.37. The first kappa shape index (κ1) is 11.2. The molecule has 0 aromatic carbocycles. The molecule has 1 aliphatic rings. The molecule has 88 valence electrons. The Kier molecular flexibility index (Phi) is 3.62. The Morgan fingerprint density at radius 2 is 2.44 bits per heavy atom. The number of hydrazine groups is 1. The summed E-state index contributed by atoms with van der Waals surface area (Å²) in [7, 11) is 0. The summed E-state index contributed by atoms with van der Waals surface area (Å²) < 4.78 is 0. The lowest BCUT2D eigenvalue weighted by molar-refractivity contribution is 0.403. The van der Waals surface area contributed by atoms with Gasteiger partial charge in [-0.05, 0) is 30.9 Å². The van der Waals surface area contributed by atoms with Crippen LogP contribution in [0.15, 0.2) is 18.2 Å². The van der Waals surface area contributed by atoms with Crippen molar-refractivity contribution in [2.45, 2.75) is 26.2 Å². The molecule has 0 amide bonds. The largest absolute Gasteiger partial charge is 0.356 e. The SMILES string of the molecule is CCC1CCCN(c2cccc(NN)n2)C1. The molecule has 0 saturated carbocycles. The molecule has 0 bridgehead atoms. The third kappa shape index (κ3) is 2.44. The lowest BCUT2D eigenvalue weighted by Crippen LogP contribution is -2.35. The van der Waals surface area contributed by atoms with Crippen molar-refractivity contribution in [3.05, 3.63) is 18.2 Å². The average Bonchev–Trinajstić information content (AvgIpc) is 2.39. The van der Waals surface area contributed by atoms with Crippen molar-refractivity contribution < 1.29 is 0 Å². The fourth-order valence-corrected chi connectivity index (χ4v) is 2.29. The van der Waals surface area contributed by atoms with Gasteiger partial charge in [0, 0.05) is 13.1 Å². The molecule has 1 aromatic heterocycles. The van der Waals surface area contributed by atoms with Gasteiger partial charge < -0.3 is 10.3 Å². The van der Waals surface area contributed by atoms with E-state index in [1.807, 2.05) is 12.1 Å². The van der Waals surface area contributed by atoms with Crippen LogP contribution in [0.4, 0.5) is 11.6 Å². The Morgan fingerprint density at radius 1 is 1.56 bits per heavy atom. The first-order chi connectivity index (χ1) is 7.83. The second-order valence-corrected chi connectivity index (χ2v) is 4.39. The van der Waals surface area contributed by atoms with Gasteiger partial charge in [0.25, 0.3) is 0 Å². The highest BCUT2D eigenvalue weighted by molar-refractivity contribution is 5.46. The zero-order chi connectivity index (χ0) is 11.4. The summed E-state index contributed by atoms with van der Waals surface area (Å²) in [5.41, 5.74) is 2.59. The summed E-state index contributed by atoms with van der Waals surface area (Å²) in [4.78, 5) is 6.83. The predicted molar refractivity (Wildman–Crippen MR) is 67.3 cm³/mol. The molecule has 1 saturated heterocycles. The van der Waals surface area contributed by atoms with Crippen molar-refractivity contribution in [2.75, 3.05) is 23.4 Å². The number of hydrogen-bond donors (Lipinski definition) is 2. The van der Waals surface area contributed by atoms with E-state index in [1.165, 1.54) is 19.3 Å². The molecular formula is C12H20N4. The molecular weight excluding hydrogens is 200 g/mol. The number of nitrogens with two attached hydrogens (primary N) is 1. The van der Waals surface area contributed by atoms with Crippen LogP contribution in [0.25, 0.3) is 0 Å². The minimum Gasteiger partial charge on any atom is -0.356 e. The van der Waals surface area contributed by atoms with Gasteiger partial charge in [-0.25, -0.2) is 10.8 Å². The average molecular weight is 220 g/mol. The molecule has 0 aliphatic carbocycles. The van der Waals surface area contributed by atoms with Crippen molar-refractivity contribution in [2.24, 2.45) is 11.8 Å². The molecule has 1 aliphatic heterocycles. The molecule has 2 heterocycles. The van der Waals surface area contributed by atoms with Gasteiger partial charge in [0.2, 0.25) is 0 Å². The topological polar surface area (TPSA) is 54.2 Å². The zero-order valence-corrected chi connectivity index (χ0v) is 9.82. The number of pyridine rings is 1. The van der Waals surface area contributed by atoms with E-state index in [9.17, 15) is 0 Å². The molecule has 0 spiro atoms. The van der Waals surface area contributed by atoms with E-state index in [0.29, 0.717) is 0 Å². The monoisotopic (exact) mass is 220 g/mol. The van der Waals surface area contributed by atoms with E-state index >= 15 is 0 Å². The molecule has 1 unspecified atom stereocenters. The molecule has 4 nitrogen and oxygen atoms in total.